The third-order valence-corrected chi connectivity index (χ3v) is 3.11. The summed E-state index contributed by atoms with van der Waals surface area (Å²) in [6, 6.07) is 3.17. The number of aromatic nitrogens is 2. The van der Waals surface area contributed by atoms with E-state index in [1.165, 1.54) is 10.6 Å². The fourth-order valence-electron chi connectivity index (χ4n) is 1.98. The number of H-pyrrole nitrogens is 1. The first-order valence-electron chi connectivity index (χ1n) is 5.69. The number of aromatic amines is 1. The molecule has 0 aliphatic carbocycles. The second-order valence-corrected chi connectivity index (χ2v) is 5.01. The fourth-order valence-corrected chi connectivity index (χ4v) is 1.98. The molecular formula is C12H14F3N3O. The van der Waals surface area contributed by atoms with E-state index in [1.807, 2.05) is 0 Å². The second kappa shape index (κ2) is 4.12. The minimum Gasteiger partial charge on any atom is -0.328 e. The van der Waals surface area contributed by atoms with E-state index in [0.29, 0.717) is 5.52 Å². The van der Waals surface area contributed by atoms with Crippen LogP contribution in [0.3, 0.4) is 0 Å². The zero-order valence-electron chi connectivity index (χ0n) is 10.5. The molecule has 2 aromatic rings. The maximum Gasteiger partial charge on any atom is 0.416 e. The standard InChI is InChI=1S/C12H14F3N3O/c1-11(2,6-16)18-9-4-3-7(12(13,14)15)5-8(9)17-10(18)19/h3-5H,6,16H2,1-2H3,(H,17,19). The number of nitrogens with two attached hydrogens (primary N) is 1. The number of fused-ring (bicyclic) bond motifs is 1. The highest BCUT2D eigenvalue weighted by Gasteiger charge is 2.31. The van der Waals surface area contributed by atoms with Crippen LogP contribution in [0.15, 0.2) is 23.0 Å². The number of rotatable bonds is 2. The molecule has 0 fully saturated rings. The smallest absolute Gasteiger partial charge is 0.328 e. The third-order valence-electron chi connectivity index (χ3n) is 3.11. The van der Waals surface area contributed by atoms with Crippen molar-refractivity contribution >= 4 is 11.0 Å². The van der Waals surface area contributed by atoms with Crippen molar-refractivity contribution in [3.05, 3.63) is 34.2 Å². The van der Waals surface area contributed by atoms with Crippen LogP contribution in [0.2, 0.25) is 0 Å². The summed E-state index contributed by atoms with van der Waals surface area (Å²) in [5, 5.41) is 0. The van der Waals surface area contributed by atoms with Crippen molar-refractivity contribution in [3.63, 3.8) is 0 Å². The topological polar surface area (TPSA) is 63.8 Å². The van der Waals surface area contributed by atoms with Gasteiger partial charge in [0.2, 0.25) is 0 Å². The molecule has 0 aliphatic rings. The van der Waals surface area contributed by atoms with Gasteiger partial charge in [0, 0.05) is 6.54 Å². The van der Waals surface area contributed by atoms with Gasteiger partial charge in [-0.05, 0) is 32.0 Å². The number of benzene rings is 1. The van der Waals surface area contributed by atoms with E-state index >= 15 is 0 Å². The number of alkyl halides is 3. The lowest BCUT2D eigenvalue weighted by Gasteiger charge is -2.24. The Kier molecular flexibility index (Phi) is 2.97. The zero-order chi connectivity index (χ0) is 14.4. The molecule has 104 valence electrons. The second-order valence-electron chi connectivity index (χ2n) is 5.01. The molecule has 0 spiro atoms. The molecule has 0 unspecified atom stereocenters. The molecular weight excluding hydrogens is 259 g/mol. The van der Waals surface area contributed by atoms with Crippen LogP contribution in [0.5, 0.6) is 0 Å². The Balaban J connectivity index is 2.71. The van der Waals surface area contributed by atoms with Gasteiger partial charge < -0.3 is 10.7 Å². The Morgan fingerprint density at radius 1 is 1.32 bits per heavy atom. The number of nitrogens with one attached hydrogen (secondary N) is 1. The molecule has 7 heteroatoms. The monoisotopic (exact) mass is 273 g/mol. The molecule has 0 amide bonds. The number of hydrogen-bond donors (Lipinski definition) is 2. The highest BCUT2D eigenvalue weighted by molar-refractivity contribution is 5.76. The minimum atomic E-state index is -4.43. The van der Waals surface area contributed by atoms with E-state index < -0.39 is 23.0 Å². The van der Waals surface area contributed by atoms with Crippen molar-refractivity contribution in [1.82, 2.24) is 9.55 Å². The molecule has 3 N–H and O–H groups in total. The summed E-state index contributed by atoms with van der Waals surface area (Å²) in [7, 11) is 0. The summed E-state index contributed by atoms with van der Waals surface area (Å²) >= 11 is 0. The SMILES string of the molecule is CC(C)(CN)n1c(=O)[nH]c2cc(C(F)(F)F)ccc21. The van der Waals surface area contributed by atoms with E-state index in [0.717, 1.165) is 12.1 Å². The van der Waals surface area contributed by atoms with Gasteiger partial charge in [-0.15, -0.1) is 0 Å². The van der Waals surface area contributed by atoms with E-state index in [9.17, 15) is 18.0 Å². The van der Waals surface area contributed by atoms with Gasteiger partial charge in [-0.2, -0.15) is 13.2 Å². The van der Waals surface area contributed by atoms with Crippen molar-refractivity contribution in [2.24, 2.45) is 5.73 Å². The third kappa shape index (κ3) is 2.25. The lowest BCUT2D eigenvalue weighted by atomic mass is 10.1. The van der Waals surface area contributed by atoms with Gasteiger partial charge in [0.05, 0.1) is 22.1 Å². The predicted molar refractivity (Wildman–Crippen MR) is 65.9 cm³/mol. The largest absolute Gasteiger partial charge is 0.416 e. The normalized spacial score (nSPS) is 13.2. The number of halogens is 3. The summed E-state index contributed by atoms with van der Waals surface area (Å²) in [6.45, 7) is 3.69. The first kappa shape index (κ1) is 13.7. The molecule has 0 bridgehead atoms. The highest BCUT2D eigenvalue weighted by Crippen LogP contribution is 2.31. The van der Waals surface area contributed by atoms with Gasteiger partial charge in [0.25, 0.3) is 0 Å². The Hall–Kier alpha value is -1.76. The van der Waals surface area contributed by atoms with Crippen molar-refractivity contribution in [2.45, 2.75) is 25.6 Å². The lowest BCUT2D eigenvalue weighted by molar-refractivity contribution is -0.137. The predicted octanol–water partition coefficient (Wildman–Crippen LogP) is 2.04. The molecule has 0 saturated heterocycles. The van der Waals surface area contributed by atoms with Crippen LogP contribution < -0.4 is 11.4 Å². The van der Waals surface area contributed by atoms with Crippen molar-refractivity contribution in [2.75, 3.05) is 6.54 Å². The summed E-state index contributed by atoms with van der Waals surface area (Å²) in [4.78, 5) is 14.3. The van der Waals surface area contributed by atoms with Crippen LogP contribution in [0.4, 0.5) is 13.2 Å². The Morgan fingerprint density at radius 2 is 1.95 bits per heavy atom. The maximum atomic E-state index is 12.6. The molecule has 1 aromatic carbocycles. The molecule has 1 aromatic heterocycles. The van der Waals surface area contributed by atoms with Gasteiger partial charge >= 0.3 is 11.9 Å². The van der Waals surface area contributed by atoms with Crippen LogP contribution in [-0.4, -0.2) is 16.1 Å². The first-order chi connectivity index (χ1) is 8.66. The van der Waals surface area contributed by atoms with Crippen molar-refractivity contribution in [3.8, 4) is 0 Å². The Labute approximate surface area is 107 Å². The molecule has 19 heavy (non-hydrogen) atoms. The van der Waals surface area contributed by atoms with Gasteiger partial charge in [0.1, 0.15) is 0 Å². The van der Waals surface area contributed by atoms with Crippen LogP contribution in [-0.2, 0) is 11.7 Å². The van der Waals surface area contributed by atoms with Crippen LogP contribution in [0.1, 0.15) is 19.4 Å². The number of hydrogen-bond acceptors (Lipinski definition) is 2. The average molecular weight is 273 g/mol. The van der Waals surface area contributed by atoms with E-state index in [2.05, 4.69) is 4.98 Å². The Morgan fingerprint density at radius 3 is 2.47 bits per heavy atom. The van der Waals surface area contributed by atoms with Gasteiger partial charge in [-0.3, -0.25) is 4.57 Å². The molecule has 0 radical (unpaired) electrons. The summed E-state index contributed by atoms with van der Waals surface area (Å²) in [6.07, 6.45) is -4.43. The maximum absolute atomic E-state index is 12.6. The molecule has 2 rings (SSSR count). The first-order valence-corrected chi connectivity index (χ1v) is 5.69. The van der Waals surface area contributed by atoms with Gasteiger partial charge in [0.15, 0.2) is 0 Å². The summed E-state index contributed by atoms with van der Waals surface area (Å²) < 4.78 is 39.2. The average Bonchev–Trinajstić information content (AvgIpc) is 2.63. The van der Waals surface area contributed by atoms with Crippen molar-refractivity contribution < 1.29 is 13.2 Å². The van der Waals surface area contributed by atoms with E-state index in [4.69, 9.17) is 5.73 Å². The zero-order valence-corrected chi connectivity index (χ0v) is 10.5. The Bertz CT molecular complexity index is 667. The van der Waals surface area contributed by atoms with Gasteiger partial charge in [-0.1, -0.05) is 0 Å². The molecule has 0 aliphatic heterocycles. The fraction of sp³-hybridized carbons (Fsp3) is 0.417. The summed E-state index contributed by atoms with van der Waals surface area (Å²) in [5.74, 6) is 0. The van der Waals surface area contributed by atoms with Gasteiger partial charge in [-0.25, -0.2) is 4.79 Å². The highest BCUT2D eigenvalue weighted by atomic mass is 19.4. The quantitative estimate of drug-likeness (QED) is 0.879. The molecule has 1 heterocycles. The molecule has 4 nitrogen and oxygen atoms in total. The lowest BCUT2D eigenvalue weighted by Crippen LogP contribution is -2.40. The number of nitrogens with zero attached hydrogens (tertiary/aromatic N) is 1. The summed E-state index contributed by atoms with van der Waals surface area (Å²) in [5.41, 5.74) is 4.24. The molecule has 0 saturated carbocycles. The van der Waals surface area contributed by atoms with E-state index in [-0.39, 0.29) is 12.1 Å². The molecule has 0 atom stereocenters. The number of imidazole rings is 1. The van der Waals surface area contributed by atoms with Crippen molar-refractivity contribution in [1.29, 1.82) is 0 Å². The van der Waals surface area contributed by atoms with Crippen LogP contribution in [0.25, 0.3) is 11.0 Å². The van der Waals surface area contributed by atoms with Crippen LogP contribution >= 0.6 is 0 Å². The minimum absolute atomic E-state index is 0.154. The van der Waals surface area contributed by atoms with E-state index in [1.54, 1.807) is 13.8 Å². The van der Waals surface area contributed by atoms with Crippen LogP contribution in [0, 0.1) is 0 Å².